The van der Waals surface area contributed by atoms with Crippen molar-refractivity contribution in [2.45, 2.75) is 26.9 Å². The van der Waals surface area contributed by atoms with E-state index in [9.17, 15) is 0 Å². The van der Waals surface area contributed by atoms with Gasteiger partial charge in [0.25, 0.3) is 0 Å². The molecule has 0 N–H and O–H groups in total. The second-order valence-electron chi connectivity index (χ2n) is 5.28. The minimum Gasteiger partial charge on any atom is -0.0982 e. The summed E-state index contributed by atoms with van der Waals surface area (Å²) in [5.41, 5.74) is 0. The summed E-state index contributed by atoms with van der Waals surface area (Å²) >= 11 is 2.06. The fraction of sp³-hybridized carbons (Fsp3) is 0.500. The molecule has 0 bridgehead atoms. The number of rotatable bonds is 1. The van der Waals surface area contributed by atoms with Gasteiger partial charge in [0.1, 0.15) is 8.07 Å². The van der Waals surface area contributed by atoms with Crippen LogP contribution in [0.1, 0.15) is 13.8 Å². The molecule has 2 heterocycles. The van der Waals surface area contributed by atoms with Crippen molar-refractivity contribution in [3.05, 3.63) is 32.4 Å². The first-order valence-corrected chi connectivity index (χ1v) is 9.19. The third-order valence-electron chi connectivity index (χ3n) is 3.72. The average Bonchev–Trinajstić information content (AvgIpc) is 2.53. The highest BCUT2D eigenvalue weighted by atomic mass is 32.2. The van der Waals surface area contributed by atoms with Crippen LogP contribution in [0.15, 0.2) is 32.4 Å². The van der Waals surface area contributed by atoms with Crippen LogP contribution < -0.4 is 0 Å². The van der Waals surface area contributed by atoms with Gasteiger partial charge >= 0.3 is 0 Å². The van der Waals surface area contributed by atoms with Crippen LogP contribution in [0.2, 0.25) is 13.1 Å². The maximum absolute atomic E-state index is 2.51. The van der Waals surface area contributed by atoms with Crippen LogP contribution in [0.5, 0.6) is 0 Å². The zero-order valence-corrected chi connectivity index (χ0v) is 11.0. The van der Waals surface area contributed by atoms with Gasteiger partial charge in [-0.15, -0.1) is 0 Å². The van der Waals surface area contributed by atoms with Crippen LogP contribution >= 0.6 is 11.8 Å². The molecule has 0 aromatic heterocycles. The Morgan fingerprint density at radius 1 is 1.29 bits per heavy atom. The van der Waals surface area contributed by atoms with Gasteiger partial charge in [-0.2, -0.15) is 0 Å². The van der Waals surface area contributed by atoms with Crippen LogP contribution in [0.3, 0.4) is 0 Å². The molecule has 14 heavy (non-hydrogen) atoms. The van der Waals surface area contributed by atoms with Crippen molar-refractivity contribution in [1.29, 1.82) is 0 Å². The predicted octanol–water partition coefficient (Wildman–Crippen LogP) is 3.88. The molecule has 0 aromatic carbocycles. The summed E-state index contributed by atoms with van der Waals surface area (Å²) in [6, 6.07) is 0. The van der Waals surface area contributed by atoms with Crippen molar-refractivity contribution < 1.29 is 0 Å². The SMILES string of the molecule is CC(C)C1=C2C3C(=CC=C3[Si]2(C)C)S1. The minimum absolute atomic E-state index is 0.731. The Hall–Kier alpha value is -0.213. The first-order chi connectivity index (χ1) is 6.53. The smallest absolute Gasteiger partial charge is 0.0982 e. The molecule has 2 heteroatoms. The lowest BCUT2D eigenvalue weighted by Gasteiger charge is -2.44. The van der Waals surface area contributed by atoms with Gasteiger partial charge in [-0.05, 0) is 15.7 Å². The van der Waals surface area contributed by atoms with E-state index in [1.54, 1.807) is 15.0 Å². The standard InChI is InChI=1S/C12H16SSi/c1-7(2)11-12-10-8(13-11)5-6-9(10)14(12,3)4/h5-7,10H,1-4H3. The fourth-order valence-corrected chi connectivity index (χ4v) is 8.86. The zero-order valence-electron chi connectivity index (χ0n) is 9.22. The maximum Gasteiger partial charge on any atom is 0.106 e. The van der Waals surface area contributed by atoms with Crippen molar-refractivity contribution in [3.63, 3.8) is 0 Å². The van der Waals surface area contributed by atoms with E-state index in [-0.39, 0.29) is 0 Å². The normalized spacial score (nSPS) is 31.6. The Labute approximate surface area is 91.2 Å². The Balaban J connectivity index is 2.15. The van der Waals surface area contributed by atoms with Crippen LogP contribution in [0, 0.1) is 11.8 Å². The molecule has 0 spiro atoms. The third-order valence-corrected chi connectivity index (χ3v) is 9.23. The lowest BCUT2D eigenvalue weighted by Crippen LogP contribution is -2.48. The molecule has 2 aliphatic heterocycles. The van der Waals surface area contributed by atoms with E-state index in [4.69, 9.17) is 0 Å². The largest absolute Gasteiger partial charge is 0.106 e. The predicted molar refractivity (Wildman–Crippen MR) is 66.6 cm³/mol. The highest BCUT2D eigenvalue weighted by Crippen LogP contribution is 2.65. The van der Waals surface area contributed by atoms with Gasteiger partial charge in [0.2, 0.25) is 0 Å². The Kier molecular flexibility index (Phi) is 1.60. The topological polar surface area (TPSA) is 0 Å². The highest BCUT2D eigenvalue weighted by Gasteiger charge is 2.56. The van der Waals surface area contributed by atoms with Crippen molar-refractivity contribution in [2.75, 3.05) is 0 Å². The van der Waals surface area contributed by atoms with Gasteiger partial charge in [-0.25, -0.2) is 0 Å². The van der Waals surface area contributed by atoms with Gasteiger partial charge in [0, 0.05) is 5.92 Å². The van der Waals surface area contributed by atoms with Crippen LogP contribution in [0.25, 0.3) is 0 Å². The van der Waals surface area contributed by atoms with E-state index in [1.165, 1.54) is 0 Å². The summed E-state index contributed by atoms with van der Waals surface area (Å²) in [5, 5.41) is 3.64. The molecule has 74 valence electrons. The summed E-state index contributed by atoms with van der Waals surface area (Å²) < 4.78 is 0. The molecular formula is C12H16SSi. The van der Waals surface area contributed by atoms with E-state index in [0.29, 0.717) is 0 Å². The number of thioether (sulfide) groups is 1. The monoisotopic (exact) mass is 220 g/mol. The molecule has 0 radical (unpaired) electrons. The summed E-state index contributed by atoms with van der Waals surface area (Å²) in [6.07, 6.45) is 4.77. The Bertz CT molecular complexity index is 410. The first-order valence-electron chi connectivity index (χ1n) is 5.38. The summed E-state index contributed by atoms with van der Waals surface area (Å²) in [6.45, 7) is 9.69. The number of hydrogen-bond acceptors (Lipinski definition) is 1. The molecule has 1 aliphatic carbocycles. The second kappa shape index (κ2) is 2.48. The molecule has 3 aliphatic rings. The van der Waals surface area contributed by atoms with Crippen molar-refractivity contribution in [3.8, 4) is 0 Å². The zero-order chi connectivity index (χ0) is 10.1. The van der Waals surface area contributed by atoms with E-state index in [2.05, 4.69) is 50.9 Å². The van der Waals surface area contributed by atoms with Gasteiger partial charge in [-0.1, -0.05) is 61.2 Å². The first kappa shape index (κ1) is 9.04. The van der Waals surface area contributed by atoms with E-state index in [1.807, 2.05) is 5.20 Å². The van der Waals surface area contributed by atoms with Crippen molar-refractivity contribution >= 4 is 19.8 Å². The molecule has 1 fully saturated rings. The van der Waals surface area contributed by atoms with Gasteiger partial charge in [0.05, 0.1) is 0 Å². The lowest BCUT2D eigenvalue weighted by atomic mass is 10.1. The molecule has 0 saturated carbocycles. The lowest BCUT2D eigenvalue weighted by molar-refractivity contribution is 0.794. The molecule has 1 saturated heterocycles. The van der Waals surface area contributed by atoms with Crippen molar-refractivity contribution in [2.24, 2.45) is 11.8 Å². The molecule has 1 atom stereocenters. The van der Waals surface area contributed by atoms with E-state index < -0.39 is 8.07 Å². The minimum atomic E-state index is -1.13. The van der Waals surface area contributed by atoms with E-state index >= 15 is 0 Å². The number of hydrogen-bond donors (Lipinski definition) is 0. The fourth-order valence-electron chi connectivity index (χ4n) is 2.98. The Morgan fingerprint density at radius 2 is 2.00 bits per heavy atom. The summed E-state index contributed by atoms with van der Waals surface area (Å²) in [4.78, 5) is 3.32. The van der Waals surface area contributed by atoms with Crippen molar-refractivity contribution in [1.82, 2.24) is 0 Å². The highest BCUT2D eigenvalue weighted by molar-refractivity contribution is 8.07. The van der Waals surface area contributed by atoms with Crippen LogP contribution in [-0.2, 0) is 0 Å². The van der Waals surface area contributed by atoms with Gasteiger partial charge < -0.3 is 0 Å². The maximum atomic E-state index is 2.51. The van der Waals surface area contributed by atoms with Crippen LogP contribution in [0.4, 0.5) is 0 Å². The quantitative estimate of drug-likeness (QED) is 0.604. The molecule has 0 amide bonds. The van der Waals surface area contributed by atoms with Gasteiger partial charge in [0.15, 0.2) is 0 Å². The third kappa shape index (κ3) is 0.824. The Morgan fingerprint density at radius 3 is 2.64 bits per heavy atom. The molecule has 3 rings (SSSR count). The molecular weight excluding hydrogens is 204 g/mol. The van der Waals surface area contributed by atoms with Gasteiger partial charge in [-0.3, -0.25) is 0 Å². The molecule has 0 nitrogen and oxygen atoms in total. The van der Waals surface area contributed by atoms with Crippen LogP contribution in [-0.4, -0.2) is 8.07 Å². The molecule has 0 aromatic rings. The average molecular weight is 220 g/mol. The molecule has 1 unspecified atom stereocenters. The summed E-state index contributed by atoms with van der Waals surface area (Å²) in [5.74, 6) is 1.51. The summed E-state index contributed by atoms with van der Waals surface area (Å²) in [7, 11) is -1.13. The number of allylic oxidation sites excluding steroid dienone is 6. The van der Waals surface area contributed by atoms with E-state index in [0.717, 1.165) is 11.8 Å². The second-order valence-corrected chi connectivity index (χ2v) is 10.8.